The van der Waals surface area contributed by atoms with Crippen molar-refractivity contribution >= 4 is 38.5 Å². The number of benzene rings is 2. The van der Waals surface area contributed by atoms with Gasteiger partial charge in [0.25, 0.3) is 5.91 Å². The van der Waals surface area contributed by atoms with E-state index >= 15 is 0 Å². The maximum atomic E-state index is 12.8. The number of hydrogen-bond acceptors (Lipinski definition) is 4. The van der Waals surface area contributed by atoms with Gasteiger partial charge in [-0.15, -0.1) is 0 Å². The second-order valence-electron chi connectivity index (χ2n) is 8.50. The first kappa shape index (κ1) is 21.0. The summed E-state index contributed by atoms with van der Waals surface area (Å²) < 4.78 is 1.01. The largest absolute Gasteiger partial charge is 0.340 e. The standard InChI is InChI=1S/C23H27N3O2S/c1-14(2)19(21(28)26-22-24-17-8-6-7-9-18(17)29-22)25-20(27)15-10-12-16(13-11-15)23(3,4)5/h6-14,19H,1-5H3,(H,25,27)(H,24,26,28)/t19-/m0/s1. The number of para-hydroxylation sites is 1. The Hall–Kier alpha value is -2.73. The van der Waals surface area contributed by atoms with E-state index in [2.05, 4.69) is 36.4 Å². The molecule has 3 aromatic rings. The Balaban J connectivity index is 1.71. The van der Waals surface area contributed by atoms with Crippen LogP contribution < -0.4 is 10.6 Å². The first-order valence-electron chi connectivity index (χ1n) is 9.73. The normalized spacial score (nSPS) is 12.8. The lowest BCUT2D eigenvalue weighted by Gasteiger charge is -2.22. The molecule has 0 radical (unpaired) electrons. The van der Waals surface area contributed by atoms with E-state index in [-0.39, 0.29) is 23.1 Å². The zero-order valence-corrected chi connectivity index (χ0v) is 18.3. The van der Waals surface area contributed by atoms with Gasteiger partial charge in [0, 0.05) is 5.56 Å². The summed E-state index contributed by atoms with van der Waals surface area (Å²) in [4.78, 5) is 30.0. The van der Waals surface area contributed by atoms with Gasteiger partial charge in [0.1, 0.15) is 6.04 Å². The average Bonchev–Trinajstić information content (AvgIpc) is 3.07. The van der Waals surface area contributed by atoms with Crippen LogP contribution in [0.4, 0.5) is 5.13 Å². The van der Waals surface area contributed by atoms with E-state index in [4.69, 9.17) is 0 Å². The van der Waals surface area contributed by atoms with Crippen LogP contribution in [0.15, 0.2) is 48.5 Å². The number of rotatable bonds is 5. The van der Waals surface area contributed by atoms with Crippen LogP contribution in [-0.4, -0.2) is 22.8 Å². The van der Waals surface area contributed by atoms with Crippen molar-refractivity contribution in [1.82, 2.24) is 10.3 Å². The zero-order chi connectivity index (χ0) is 21.2. The molecule has 0 aliphatic heterocycles. The van der Waals surface area contributed by atoms with Gasteiger partial charge in [0.2, 0.25) is 5.91 Å². The van der Waals surface area contributed by atoms with Gasteiger partial charge in [0.05, 0.1) is 10.2 Å². The molecule has 0 fully saturated rings. The molecule has 1 atom stereocenters. The maximum Gasteiger partial charge on any atom is 0.251 e. The number of carbonyl (C=O) groups excluding carboxylic acids is 2. The molecule has 1 heterocycles. The molecule has 0 spiro atoms. The molecule has 0 unspecified atom stereocenters. The Bertz CT molecular complexity index is 984. The van der Waals surface area contributed by atoms with Gasteiger partial charge < -0.3 is 10.6 Å². The molecule has 152 valence electrons. The number of anilines is 1. The van der Waals surface area contributed by atoms with Crippen molar-refractivity contribution in [2.75, 3.05) is 5.32 Å². The molecule has 5 nitrogen and oxygen atoms in total. The summed E-state index contributed by atoms with van der Waals surface area (Å²) >= 11 is 1.42. The highest BCUT2D eigenvalue weighted by Gasteiger charge is 2.26. The molecule has 0 aliphatic rings. The van der Waals surface area contributed by atoms with Gasteiger partial charge in [-0.2, -0.15) is 0 Å². The van der Waals surface area contributed by atoms with Crippen LogP contribution in [-0.2, 0) is 10.2 Å². The van der Waals surface area contributed by atoms with Crippen molar-refractivity contribution < 1.29 is 9.59 Å². The smallest absolute Gasteiger partial charge is 0.251 e. The van der Waals surface area contributed by atoms with Crippen LogP contribution >= 0.6 is 11.3 Å². The van der Waals surface area contributed by atoms with Crippen LogP contribution in [0.1, 0.15) is 50.5 Å². The lowest BCUT2D eigenvalue weighted by Crippen LogP contribution is -2.47. The van der Waals surface area contributed by atoms with Crippen molar-refractivity contribution in [3.63, 3.8) is 0 Å². The number of nitrogens with zero attached hydrogens (tertiary/aromatic N) is 1. The molecule has 0 saturated heterocycles. The van der Waals surface area contributed by atoms with E-state index in [9.17, 15) is 9.59 Å². The van der Waals surface area contributed by atoms with Gasteiger partial charge in [-0.05, 0) is 41.2 Å². The fraction of sp³-hybridized carbons (Fsp3) is 0.348. The fourth-order valence-corrected chi connectivity index (χ4v) is 3.86. The molecule has 29 heavy (non-hydrogen) atoms. The molecular formula is C23H27N3O2S. The molecular weight excluding hydrogens is 382 g/mol. The minimum atomic E-state index is -0.656. The Morgan fingerprint density at radius 1 is 1.00 bits per heavy atom. The number of hydrogen-bond donors (Lipinski definition) is 2. The van der Waals surface area contributed by atoms with Gasteiger partial charge in [-0.25, -0.2) is 4.98 Å². The number of aromatic nitrogens is 1. The third-order valence-corrected chi connectivity index (χ3v) is 5.72. The molecule has 1 aromatic heterocycles. The second kappa shape index (κ2) is 8.33. The van der Waals surface area contributed by atoms with Crippen molar-refractivity contribution in [1.29, 1.82) is 0 Å². The van der Waals surface area contributed by atoms with Crippen molar-refractivity contribution in [2.45, 2.75) is 46.1 Å². The summed E-state index contributed by atoms with van der Waals surface area (Å²) in [7, 11) is 0. The van der Waals surface area contributed by atoms with Gasteiger partial charge in [-0.1, -0.05) is 70.2 Å². The molecule has 3 rings (SSSR count). The highest BCUT2D eigenvalue weighted by atomic mass is 32.1. The van der Waals surface area contributed by atoms with E-state index in [1.165, 1.54) is 11.3 Å². The SMILES string of the molecule is CC(C)[C@H](NC(=O)c1ccc(C(C)(C)C)cc1)C(=O)Nc1nc2ccccc2s1. The quantitative estimate of drug-likeness (QED) is 0.624. The lowest BCUT2D eigenvalue weighted by molar-refractivity contribution is -0.118. The monoisotopic (exact) mass is 409 g/mol. The number of thiazole rings is 1. The number of carbonyl (C=O) groups is 2. The summed E-state index contributed by atoms with van der Waals surface area (Å²) in [5, 5.41) is 6.26. The zero-order valence-electron chi connectivity index (χ0n) is 17.4. The van der Waals surface area contributed by atoms with Gasteiger partial charge >= 0.3 is 0 Å². The van der Waals surface area contributed by atoms with Crippen molar-refractivity contribution in [2.24, 2.45) is 5.92 Å². The third kappa shape index (κ3) is 5.01. The molecule has 2 aromatic carbocycles. The molecule has 0 aliphatic carbocycles. The number of nitrogens with one attached hydrogen (secondary N) is 2. The molecule has 6 heteroatoms. The maximum absolute atomic E-state index is 12.8. The topological polar surface area (TPSA) is 71.1 Å². The van der Waals surface area contributed by atoms with E-state index in [0.29, 0.717) is 10.7 Å². The van der Waals surface area contributed by atoms with Crippen LogP contribution in [0.3, 0.4) is 0 Å². The summed E-state index contributed by atoms with van der Waals surface area (Å²) in [6, 6.07) is 14.6. The molecule has 0 saturated carbocycles. The van der Waals surface area contributed by atoms with E-state index < -0.39 is 6.04 Å². The minimum Gasteiger partial charge on any atom is -0.340 e. The second-order valence-corrected chi connectivity index (χ2v) is 9.53. The molecule has 0 bridgehead atoms. The summed E-state index contributed by atoms with van der Waals surface area (Å²) in [6.45, 7) is 10.2. The van der Waals surface area contributed by atoms with Crippen LogP contribution in [0.2, 0.25) is 0 Å². The first-order valence-corrected chi connectivity index (χ1v) is 10.5. The minimum absolute atomic E-state index is 0.0204. The third-order valence-electron chi connectivity index (χ3n) is 4.77. The molecule has 2 N–H and O–H groups in total. The lowest BCUT2D eigenvalue weighted by atomic mass is 9.86. The van der Waals surface area contributed by atoms with Crippen molar-refractivity contribution in [3.8, 4) is 0 Å². The predicted molar refractivity (Wildman–Crippen MR) is 119 cm³/mol. The highest BCUT2D eigenvalue weighted by Crippen LogP contribution is 2.26. The molecule has 2 amide bonds. The van der Waals surface area contributed by atoms with Crippen LogP contribution in [0.5, 0.6) is 0 Å². The Morgan fingerprint density at radius 2 is 1.66 bits per heavy atom. The summed E-state index contributed by atoms with van der Waals surface area (Å²) in [5.41, 5.74) is 2.56. The Labute approximate surface area is 175 Å². The average molecular weight is 410 g/mol. The Kier molecular flexibility index (Phi) is 6.03. The highest BCUT2D eigenvalue weighted by molar-refractivity contribution is 7.22. The first-order chi connectivity index (χ1) is 13.6. The van der Waals surface area contributed by atoms with E-state index in [1.807, 2.05) is 50.2 Å². The van der Waals surface area contributed by atoms with Crippen LogP contribution in [0.25, 0.3) is 10.2 Å². The van der Waals surface area contributed by atoms with Gasteiger partial charge in [0.15, 0.2) is 5.13 Å². The van der Waals surface area contributed by atoms with Crippen LogP contribution in [0, 0.1) is 5.92 Å². The van der Waals surface area contributed by atoms with E-state index in [0.717, 1.165) is 15.8 Å². The van der Waals surface area contributed by atoms with Gasteiger partial charge in [-0.3, -0.25) is 9.59 Å². The van der Waals surface area contributed by atoms with E-state index in [1.54, 1.807) is 12.1 Å². The van der Waals surface area contributed by atoms with Crippen molar-refractivity contribution in [3.05, 3.63) is 59.7 Å². The Morgan fingerprint density at radius 3 is 2.24 bits per heavy atom. The fourth-order valence-electron chi connectivity index (χ4n) is 2.99. The predicted octanol–water partition coefficient (Wildman–Crippen LogP) is 4.99. The summed E-state index contributed by atoms with van der Waals surface area (Å²) in [5.74, 6) is -0.593. The summed E-state index contributed by atoms with van der Waals surface area (Å²) in [6.07, 6.45) is 0. The number of amides is 2. The number of fused-ring (bicyclic) bond motifs is 1.